The van der Waals surface area contributed by atoms with E-state index in [0.717, 1.165) is 16.8 Å². The third-order valence-corrected chi connectivity index (χ3v) is 5.76. The molecule has 0 aliphatic carbocycles. The van der Waals surface area contributed by atoms with Crippen molar-refractivity contribution in [1.82, 2.24) is 4.90 Å². The summed E-state index contributed by atoms with van der Waals surface area (Å²) in [6.07, 6.45) is 3.25. The third-order valence-electron chi connectivity index (χ3n) is 5.76. The lowest BCUT2D eigenvalue weighted by atomic mass is 9.72. The molecule has 2 aromatic rings. The van der Waals surface area contributed by atoms with Crippen LogP contribution in [-0.2, 0) is 15.2 Å². The van der Waals surface area contributed by atoms with Crippen molar-refractivity contribution in [3.63, 3.8) is 0 Å². The van der Waals surface area contributed by atoms with Crippen molar-refractivity contribution in [3.05, 3.63) is 71.8 Å². The zero-order valence-corrected chi connectivity index (χ0v) is 16.3. The number of hydrogen-bond donors (Lipinski definition) is 1. The largest absolute Gasteiger partial charge is 0.466 e. The molecule has 0 saturated carbocycles. The SMILES string of the molecule is CCOC(=O)CC1CN(C(=O)O)C1(c1ccccc1)N1CC=Cc2ccccc21. The molecule has 6 nitrogen and oxygen atoms in total. The van der Waals surface area contributed by atoms with Crippen molar-refractivity contribution in [2.45, 2.75) is 19.0 Å². The maximum atomic E-state index is 12.3. The number of rotatable bonds is 5. The third kappa shape index (κ3) is 3.05. The first-order valence-corrected chi connectivity index (χ1v) is 9.84. The van der Waals surface area contributed by atoms with Gasteiger partial charge in [0.1, 0.15) is 5.66 Å². The van der Waals surface area contributed by atoms with Gasteiger partial charge in [0.15, 0.2) is 0 Å². The second-order valence-corrected chi connectivity index (χ2v) is 7.26. The first-order chi connectivity index (χ1) is 14.1. The minimum Gasteiger partial charge on any atom is -0.466 e. The molecule has 0 spiro atoms. The fourth-order valence-electron chi connectivity index (χ4n) is 4.62. The number of carbonyl (C=O) groups is 2. The van der Waals surface area contributed by atoms with Gasteiger partial charge in [-0.15, -0.1) is 0 Å². The minimum absolute atomic E-state index is 0.162. The first-order valence-electron chi connectivity index (χ1n) is 9.84. The Morgan fingerprint density at radius 2 is 1.86 bits per heavy atom. The molecule has 2 atom stereocenters. The number of amides is 1. The van der Waals surface area contributed by atoms with Crippen LogP contribution in [-0.4, -0.2) is 41.8 Å². The molecule has 1 amide bonds. The molecule has 6 heteroatoms. The Morgan fingerprint density at radius 3 is 2.59 bits per heavy atom. The highest BCUT2D eigenvalue weighted by Crippen LogP contribution is 2.52. The van der Waals surface area contributed by atoms with E-state index in [1.807, 2.05) is 60.7 Å². The fourth-order valence-corrected chi connectivity index (χ4v) is 4.62. The number of fused-ring (bicyclic) bond motifs is 1. The number of carbonyl (C=O) groups excluding carboxylic acids is 1. The Bertz CT molecular complexity index is 943. The van der Waals surface area contributed by atoms with Gasteiger partial charge >= 0.3 is 12.1 Å². The van der Waals surface area contributed by atoms with E-state index in [-0.39, 0.29) is 24.9 Å². The van der Waals surface area contributed by atoms with Crippen LogP contribution in [0, 0.1) is 5.92 Å². The quantitative estimate of drug-likeness (QED) is 0.781. The number of para-hydroxylation sites is 1. The summed E-state index contributed by atoms with van der Waals surface area (Å²) in [4.78, 5) is 28.2. The van der Waals surface area contributed by atoms with Crippen LogP contribution >= 0.6 is 0 Å². The average molecular weight is 392 g/mol. The number of likely N-dealkylation sites (tertiary alicyclic amines) is 1. The lowest BCUT2D eigenvalue weighted by Gasteiger charge is -2.63. The summed E-state index contributed by atoms with van der Waals surface area (Å²) in [7, 11) is 0. The molecule has 1 saturated heterocycles. The van der Waals surface area contributed by atoms with Crippen LogP contribution in [0.5, 0.6) is 0 Å². The van der Waals surface area contributed by atoms with Gasteiger partial charge in [0.05, 0.1) is 13.0 Å². The maximum Gasteiger partial charge on any atom is 0.409 e. The number of carboxylic acid groups (broad SMARTS) is 1. The number of hydrogen-bond acceptors (Lipinski definition) is 4. The summed E-state index contributed by atoms with van der Waals surface area (Å²) in [5.41, 5.74) is 1.87. The molecule has 2 unspecified atom stereocenters. The summed E-state index contributed by atoms with van der Waals surface area (Å²) in [6, 6.07) is 17.5. The molecule has 1 fully saturated rings. The molecule has 1 N–H and O–H groups in total. The second-order valence-electron chi connectivity index (χ2n) is 7.26. The predicted molar refractivity (Wildman–Crippen MR) is 110 cm³/mol. The highest BCUT2D eigenvalue weighted by atomic mass is 16.5. The molecule has 150 valence electrons. The van der Waals surface area contributed by atoms with E-state index < -0.39 is 11.8 Å². The topological polar surface area (TPSA) is 70.1 Å². The van der Waals surface area contributed by atoms with Crippen LogP contribution in [0.3, 0.4) is 0 Å². The van der Waals surface area contributed by atoms with Crippen LogP contribution in [0.4, 0.5) is 10.5 Å². The Hall–Kier alpha value is -3.28. The minimum atomic E-state index is -0.999. The Labute approximate surface area is 170 Å². The van der Waals surface area contributed by atoms with Gasteiger partial charge < -0.3 is 14.7 Å². The molecule has 0 radical (unpaired) electrons. The van der Waals surface area contributed by atoms with Crippen molar-refractivity contribution < 1.29 is 19.4 Å². The van der Waals surface area contributed by atoms with Gasteiger partial charge in [-0.2, -0.15) is 0 Å². The van der Waals surface area contributed by atoms with Crippen LogP contribution < -0.4 is 4.90 Å². The molecule has 2 heterocycles. The average Bonchev–Trinajstić information content (AvgIpc) is 2.72. The van der Waals surface area contributed by atoms with Crippen LogP contribution in [0.15, 0.2) is 60.7 Å². The second kappa shape index (κ2) is 7.62. The highest BCUT2D eigenvalue weighted by Gasteiger charge is 2.61. The summed E-state index contributed by atoms with van der Waals surface area (Å²) in [6.45, 7) is 2.92. The van der Waals surface area contributed by atoms with Crippen molar-refractivity contribution in [2.24, 2.45) is 5.92 Å². The van der Waals surface area contributed by atoms with Gasteiger partial charge in [-0.3, -0.25) is 9.69 Å². The lowest BCUT2D eigenvalue weighted by Crippen LogP contribution is -2.74. The Morgan fingerprint density at radius 1 is 1.14 bits per heavy atom. The summed E-state index contributed by atoms with van der Waals surface area (Å²) in [5, 5.41) is 10.0. The molecule has 2 aliphatic heterocycles. The van der Waals surface area contributed by atoms with E-state index in [4.69, 9.17) is 4.74 Å². The van der Waals surface area contributed by atoms with Gasteiger partial charge in [-0.1, -0.05) is 60.7 Å². The molecule has 2 aliphatic rings. The number of nitrogens with zero attached hydrogens (tertiary/aromatic N) is 2. The summed E-state index contributed by atoms with van der Waals surface area (Å²) >= 11 is 0. The molecule has 0 bridgehead atoms. The van der Waals surface area contributed by atoms with E-state index in [2.05, 4.69) is 11.0 Å². The van der Waals surface area contributed by atoms with Crippen molar-refractivity contribution in [3.8, 4) is 0 Å². The maximum absolute atomic E-state index is 12.3. The standard InChI is InChI=1S/C23H24N2O4/c1-2-29-21(26)15-19-16-25(22(27)28)23(19,18-11-4-3-5-12-18)24-14-8-10-17-9-6-7-13-20(17)24/h3-13,19H,2,14-16H2,1H3,(H,27,28). The van der Waals surface area contributed by atoms with Crippen LogP contribution in [0.2, 0.25) is 0 Å². The van der Waals surface area contributed by atoms with Gasteiger partial charge in [-0.05, 0) is 24.1 Å². The van der Waals surface area contributed by atoms with E-state index in [1.165, 1.54) is 4.90 Å². The predicted octanol–water partition coefficient (Wildman–Crippen LogP) is 3.94. The Balaban J connectivity index is 1.87. The highest BCUT2D eigenvalue weighted by molar-refractivity contribution is 5.78. The zero-order valence-electron chi connectivity index (χ0n) is 16.3. The van der Waals surface area contributed by atoms with Crippen molar-refractivity contribution >= 4 is 23.8 Å². The molecular formula is C23H24N2O4. The van der Waals surface area contributed by atoms with Gasteiger partial charge in [0.2, 0.25) is 0 Å². The van der Waals surface area contributed by atoms with Gasteiger partial charge in [-0.25, -0.2) is 4.79 Å². The monoisotopic (exact) mass is 392 g/mol. The first kappa shape index (κ1) is 19.1. The lowest BCUT2D eigenvalue weighted by molar-refractivity contribution is -0.151. The van der Waals surface area contributed by atoms with Crippen LogP contribution in [0.1, 0.15) is 24.5 Å². The number of anilines is 1. The van der Waals surface area contributed by atoms with Crippen molar-refractivity contribution in [2.75, 3.05) is 24.6 Å². The number of ether oxygens (including phenoxy) is 1. The molecular weight excluding hydrogens is 368 g/mol. The number of esters is 1. The van der Waals surface area contributed by atoms with E-state index >= 15 is 0 Å². The Kier molecular flexibility index (Phi) is 5.01. The van der Waals surface area contributed by atoms with Gasteiger partial charge in [0, 0.05) is 24.7 Å². The molecule has 29 heavy (non-hydrogen) atoms. The number of benzene rings is 2. The van der Waals surface area contributed by atoms with Crippen LogP contribution in [0.25, 0.3) is 6.08 Å². The van der Waals surface area contributed by atoms with Crippen molar-refractivity contribution in [1.29, 1.82) is 0 Å². The smallest absolute Gasteiger partial charge is 0.409 e. The summed E-state index contributed by atoms with van der Waals surface area (Å²) in [5.74, 6) is -0.525. The van der Waals surface area contributed by atoms with E-state index in [0.29, 0.717) is 13.2 Å². The zero-order chi connectivity index (χ0) is 20.4. The van der Waals surface area contributed by atoms with E-state index in [9.17, 15) is 14.7 Å². The fraction of sp³-hybridized carbons (Fsp3) is 0.304. The van der Waals surface area contributed by atoms with E-state index in [1.54, 1.807) is 6.92 Å². The molecule has 0 aromatic heterocycles. The molecule has 2 aromatic carbocycles. The normalized spacial score (nSPS) is 22.6. The summed E-state index contributed by atoms with van der Waals surface area (Å²) < 4.78 is 5.19. The molecule has 4 rings (SSSR count). The van der Waals surface area contributed by atoms with Gasteiger partial charge in [0.25, 0.3) is 0 Å².